The first-order chi connectivity index (χ1) is 8.29. The number of rotatable bonds is 8. The van der Waals surface area contributed by atoms with E-state index in [-0.39, 0.29) is 22.5 Å². The van der Waals surface area contributed by atoms with E-state index in [0.717, 1.165) is 6.42 Å². The van der Waals surface area contributed by atoms with E-state index in [1.165, 1.54) is 25.7 Å². The second-order valence-electron chi connectivity index (χ2n) is 7.12. The standard InChI is InChI=1S/C16H32O2/c1-8-11-14(4,5)16(10-3,13-17-18-13)15(6,7)12-9-2/h13H,8-12H2,1-7H3. The van der Waals surface area contributed by atoms with Gasteiger partial charge in [0.15, 0.2) is 0 Å². The molecule has 0 aromatic carbocycles. The maximum atomic E-state index is 5.33. The minimum atomic E-state index is -0.00870. The normalized spacial score (nSPS) is 18.2. The molecule has 1 fully saturated rings. The highest BCUT2D eigenvalue weighted by molar-refractivity contribution is 5.04. The van der Waals surface area contributed by atoms with Gasteiger partial charge in [0.2, 0.25) is 6.29 Å². The van der Waals surface area contributed by atoms with E-state index in [0.29, 0.717) is 0 Å². The lowest BCUT2D eigenvalue weighted by Crippen LogP contribution is -2.52. The molecule has 0 unspecified atom stereocenters. The van der Waals surface area contributed by atoms with Gasteiger partial charge < -0.3 is 0 Å². The highest BCUT2D eigenvalue weighted by Crippen LogP contribution is 2.63. The van der Waals surface area contributed by atoms with Gasteiger partial charge in [0.1, 0.15) is 0 Å². The van der Waals surface area contributed by atoms with E-state index in [9.17, 15) is 0 Å². The summed E-state index contributed by atoms with van der Waals surface area (Å²) in [6, 6.07) is 0. The fourth-order valence-electron chi connectivity index (χ4n) is 4.57. The lowest BCUT2D eigenvalue weighted by Gasteiger charge is -2.54. The van der Waals surface area contributed by atoms with E-state index in [1.54, 1.807) is 0 Å². The van der Waals surface area contributed by atoms with Crippen molar-refractivity contribution in [3.05, 3.63) is 0 Å². The van der Waals surface area contributed by atoms with Crippen LogP contribution < -0.4 is 0 Å². The maximum Gasteiger partial charge on any atom is 0.231 e. The van der Waals surface area contributed by atoms with Crippen LogP contribution in [0.4, 0.5) is 0 Å². The molecule has 0 aromatic heterocycles. The first-order valence-electron chi connectivity index (χ1n) is 7.61. The largest absolute Gasteiger partial charge is 0.231 e. The van der Waals surface area contributed by atoms with Gasteiger partial charge in [0.25, 0.3) is 0 Å². The predicted molar refractivity (Wildman–Crippen MR) is 76.1 cm³/mol. The second-order valence-corrected chi connectivity index (χ2v) is 7.12. The first-order valence-corrected chi connectivity index (χ1v) is 7.61. The third-order valence-corrected chi connectivity index (χ3v) is 5.32. The van der Waals surface area contributed by atoms with Gasteiger partial charge in [-0.15, -0.1) is 0 Å². The molecule has 0 saturated carbocycles. The average molecular weight is 256 g/mol. The summed E-state index contributed by atoms with van der Waals surface area (Å²) in [4.78, 5) is 10.7. The molecule has 0 radical (unpaired) electrons. The van der Waals surface area contributed by atoms with Crippen molar-refractivity contribution in [1.82, 2.24) is 0 Å². The number of hydrogen-bond donors (Lipinski definition) is 0. The molecule has 2 heteroatoms. The summed E-state index contributed by atoms with van der Waals surface area (Å²) in [7, 11) is 0. The fourth-order valence-corrected chi connectivity index (χ4v) is 4.57. The van der Waals surface area contributed by atoms with Crippen LogP contribution in [0.25, 0.3) is 0 Å². The van der Waals surface area contributed by atoms with Crippen LogP contribution in [-0.2, 0) is 9.78 Å². The molecule has 0 amide bonds. The zero-order valence-electron chi connectivity index (χ0n) is 13.4. The Kier molecular flexibility index (Phi) is 4.88. The lowest BCUT2D eigenvalue weighted by molar-refractivity contribution is -0.0920. The van der Waals surface area contributed by atoms with Crippen LogP contribution in [0, 0.1) is 16.2 Å². The van der Waals surface area contributed by atoms with Crippen molar-refractivity contribution in [3.8, 4) is 0 Å². The van der Waals surface area contributed by atoms with Crippen molar-refractivity contribution in [2.45, 2.75) is 86.9 Å². The molecular formula is C16H32O2. The molecule has 0 atom stereocenters. The van der Waals surface area contributed by atoms with E-state index >= 15 is 0 Å². The Morgan fingerprint density at radius 1 is 0.778 bits per heavy atom. The third kappa shape index (κ3) is 2.46. The molecule has 0 spiro atoms. The molecule has 0 aliphatic carbocycles. The van der Waals surface area contributed by atoms with Gasteiger partial charge >= 0.3 is 0 Å². The summed E-state index contributed by atoms with van der Waals surface area (Å²) in [5.41, 5.74) is 0.568. The maximum absolute atomic E-state index is 5.33. The van der Waals surface area contributed by atoms with E-state index < -0.39 is 0 Å². The van der Waals surface area contributed by atoms with Crippen molar-refractivity contribution in [3.63, 3.8) is 0 Å². The molecule has 18 heavy (non-hydrogen) atoms. The highest BCUT2D eigenvalue weighted by atomic mass is 17.4. The van der Waals surface area contributed by atoms with Crippen molar-refractivity contribution in [1.29, 1.82) is 0 Å². The van der Waals surface area contributed by atoms with Crippen LogP contribution in [-0.4, -0.2) is 6.29 Å². The minimum Gasteiger partial charge on any atom is -0.198 e. The van der Waals surface area contributed by atoms with Crippen molar-refractivity contribution < 1.29 is 9.78 Å². The van der Waals surface area contributed by atoms with Gasteiger partial charge in [-0.2, -0.15) is 9.78 Å². The Hall–Kier alpha value is -0.0800. The topological polar surface area (TPSA) is 25.1 Å². The Labute approximate surface area is 113 Å². The molecule has 1 aliphatic heterocycles. The van der Waals surface area contributed by atoms with Gasteiger partial charge in [0, 0.05) is 5.41 Å². The molecule has 108 valence electrons. The molecule has 0 N–H and O–H groups in total. The van der Waals surface area contributed by atoms with Crippen molar-refractivity contribution in [2.24, 2.45) is 16.2 Å². The van der Waals surface area contributed by atoms with Gasteiger partial charge in [-0.1, -0.05) is 61.3 Å². The Bertz CT molecular complexity index is 246. The van der Waals surface area contributed by atoms with Crippen LogP contribution in [0.1, 0.15) is 80.6 Å². The second kappa shape index (κ2) is 5.50. The van der Waals surface area contributed by atoms with Crippen LogP contribution in [0.5, 0.6) is 0 Å². The van der Waals surface area contributed by atoms with E-state index in [1.807, 2.05) is 0 Å². The zero-order valence-corrected chi connectivity index (χ0v) is 13.4. The van der Waals surface area contributed by atoms with Gasteiger partial charge in [0.05, 0.1) is 0 Å². The smallest absolute Gasteiger partial charge is 0.198 e. The first kappa shape index (κ1) is 16.0. The van der Waals surface area contributed by atoms with Gasteiger partial charge in [-0.25, -0.2) is 0 Å². The summed E-state index contributed by atoms with van der Waals surface area (Å²) < 4.78 is 0. The summed E-state index contributed by atoms with van der Waals surface area (Å²) in [5.74, 6) is 0. The summed E-state index contributed by atoms with van der Waals surface area (Å²) in [6.45, 7) is 16.4. The Balaban J connectivity index is 3.16. The van der Waals surface area contributed by atoms with Gasteiger partial charge in [-0.05, 0) is 30.1 Å². The summed E-state index contributed by atoms with van der Waals surface area (Å²) >= 11 is 0. The Morgan fingerprint density at radius 3 is 1.39 bits per heavy atom. The zero-order chi connectivity index (χ0) is 14.0. The van der Waals surface area contributed by atoms with Gasteiger partial charge in [-0.3, -0.25) is 0 Å². The average Bonchev–Trinajstić information content (AvgIpc) is 3.02. The van der Waals surface area contributed by atoms with Crippen LogP contribution in [0.15, 0.2) is 0 Å². The fraction of sp³-hybridized carbons (Fsp3) is 1.00. The van der Waals surface area contributed by atoms with Crippen LogP contribution in [0.3, 0.4) is 0 Å². The van der Waals surface area contributed by atoms with Crippen molar-refractivity contribution >= 4 is 0 Å². The molecule has 1 aliphatic rings. The number of hydrogen-bond acceptors (Lipinski definition) is 2. The van der Waals surface area contributed by atoms with E-state index in [4.69, 9.17) is 9.78 Å². The quantitative estimate of drug-likeness (QED) is 0.433. The lowest BCUT2D eigenvalue weighted by atomic mass is 9.49. The molecule has 1 saturated heterocycles. The molecule has 1 rings (SSSR count). The molecule has 0 aromatic rings. The van der Waals surface area contributed by atoms with Crippen LogP contribution in [0.2, 0.25) is 0 Å². The summed E-state index contributed by atoms with van der Waals surface area (Å²) in [6.07, 6.45) is 5.96. The molecule has 2 nitrogen and oxygen atoms in total. The summed E-state index contributed by atoms with van der Waals surface area (Å²) in [5, 5.41) is 0. The molecule has 1 heterocycles. The highest BCUT2D eigenvalue weighted by Gasteiger charge is 2.63. The molecule has 0 bridgehead atoms. The minimum absolute atomic E-state index is 0.00870. The Morgan fingerprint density at radius 2 is 1.17 bits per heavy atom. The molecular weight excluding hydrogens is 224 g/mol. The van der Waals surface area contributed by atoms with Crippen molar-refractivity contribution in [2.75, 3.05) is 0 Å². The monoisotopic (exact) mass is 256 g/mol. The third-order valence-electron chi connectivity index (χ3n) is 5.32. The SMILES string of the molecule is CCCC(C)(C)C(CC)(C1OO1)C(C)(C)CCC. The van der Waals surface area contributed by atoms with E-state index in [2.05, 4.69) is 48.5 Å². The van der Waals surface area contributed by atoms with Crippen LogP contribution >= 0.6 is 0 Å². The predicted octanol–water partition coefficient (Wildman–Crippen LogP) is 5.32.